The first kappa shape index (κ1) is 14.1. The number of carbonyl (C=O) groups is 1. The predicted molar refractivity (Wildman–Crippen MR) is 85.1 cm³/mol. The van der Waals surface area contributed by atoms with Gasteiger partial charge in [-0.2, -0.15) is 0 Å². The number of nitrogens with one attached hydrogen (secondary N) is 1. The Labute approximate surface area is 130 Å². The Morgan fingerprint density at radius 1 is 1.26 bits per heavy atom. The van der Waals surface area contributed by atoms with Gasteiger partial charge in [-0.25, -0.2) is 0 Å². The van der Waals surface area contributed by atoms with Crippen LogP contribution < -0.4 is 10.1 Å². The zero-order valence-corrected chi connectivity index (χ0v) is 13.0. The molecule has 0 atom stereocenters. The minimum absolute atomic E-state index is 0.195. The SMILES string of the molecule is COc1ccc(Cl)cc1NC(=O)c1cccc(I)c1. The van der Waals surface area contributed by atoms with E-state index in [0.717, 1.165) is 3.57 Å². The van der Waals surface area contributed by atoms with Crippen molar-refractivity contribution < 1.29 is 9.53 Å². The number of methoxy groups -OCH3 is 1. The van der Waals surface area contributed by atoms with Crippen molar-refractivity contribution in [2.75, 3.05) is 12.4 Å². The summed E-state index contributed by atoms with van der Waals surface area (Å²) in [6, 6.07) is 12.4. The average molecular weight is 388 g/mol. The van der Waals surface area contributed by atoms with E-state index in [9.17, 15) is 4.79 Å². The first-order chi connectivity index (χ1) is 9.10. The molecule has 19 heavy (non-hydrogen) atoms. The van der Waals surface area contributed by atoms with Crippen LogP contribution in [0.3, 0.4) is 0 Å². The molecular weight excluding hydrogens is 377 g/mol. The summed E-state index contributed by atoms with van der Waals surface area (Å²) in [6.07, 6.45) is 0. The van der Waals surface area contributed by atoms with Crippen LogP contribution in [0, 0.1) is 3.57 Å². The molecule has 1 amide bonds. The molecule has 0 saturated heterocycles. The van der Waals surface area contributed by atoms with E-state index in [2.05, 4.69) is 27.9 Å². The molecule has 0 spiro atoms. The van der Waals surface area contributed by atoms with E-state index in [0.29, 0.717) is 22.0 Å². The van der Waals surface area contributed by atoms with Crippen molar-refractivity contribution in [1.29, 1.82) is 0 Å². The summed E-state index contributed by atoms with van der Waals surface area (Å²) < 4.78 is 6.19. The molecule has 2 rings (SSSR count). The Hall–Kier alpha value is -1.27. The molecule has 0 aliphatic carbocycles. The number of hydrogen-bond donors (Lipinski definition) is 1. The Balaban J connectivity index is 2.26. The molecule has 1 N–H and O–H groups in total. The van der Waals surface area contributed by atoms with Gasteiger partial charge in [0.15, 0.2) is 0 Å². The second-order valence-corrected chi connectivity index (χ2v) is 5.49. The van der Waals surface area contributed by atoms with E-state index in [-0.39, 0.29) is 5.91 Å². The molecule has 0 saturated carbocycles. The third-order valence-corrected chi connectivity index (χ3v) is 3.40. The molecule has 0 aliphatic rings. The molecule has 3 nitrogen and oxygen atoms in total. The van der Waals surface area contributed by atoms with E-state index in [4.69, 9.17) is 16.3 Å². The quantitative estimate of drug-likeness (QED) is 0.802. The number of rotatable bonds is 3. The monoisotopic (exact) mass is 387 g/mol. The zero-order chi connectivity index (χ0) is 13.8. The van der Waals surface area contributed by atoms with Crippen molar-refractivity contribution in [2.45, 2.75) is 0 Å². The fraction of sp³-hybridized carbons (Fsp3) is 0.0714. The summed E-state index contributed by atoms with van der Waals surface area (Å²) in [5.74, 6) is 0.377. The smallest absolute Gasteiger partial charge is 0.255 e. The lowest BCUT2D eigenvalue weighted by molar-refractivity contribution is 0.102. The second-order valence-electron chi connectivity index (χ2n) is 3.81. The van der Waals surface area contributed by atoms with Crippen LogP contribution in [-0.4, -0.2) is 13.0 Å². The van der Waals surface area contributed by atoms with Gasteiger partial charge in [0.25, 0.3) is 5.91 Å². The van der Waals surface area contributed by atoms with E-state index in [1.807, 2.05) is 18.2 Å². The Kier molecular flexibility index (Phi) is 4.66. The van der Waals surface area contributed by atoms with Crippen LogP contribution in [0.4, 0.5) is 5.69 Å². The molecular formula is C14H11ClINO2. The second kappa shape index (κ2) is 6.25. The lowest BCUT2D eigenvalue weighted by Gasteiger charge is -2.10. The summed E-state index contributed by atoms with van der Waals surface area (Å²) in [7, 11) is 1.55. The summed E-state index contributed by atoms with van der Waals surface area (Å²) in [5.41, 5.74) is 1.15. The molecule has 5 heteroatoms. The first-order valence-corrected chi connectivity index (χ1v) is 6.96. The van der Waals surface area contributed by atoms with Crippen LogP contribution in [0.1, 0.15) is 10.4 Å². The number of anilines is 1. The van der Waals surface area contributed by atoms with Gasteiger partial charge in [-0.1, -0.05) is 17.7 Å². The van der Waals surface area contributed by atoms with Gasteiger partial charge in [0.2, 0.25) is 0 Å². The van der Waals surface area contributed by atoms with Crippen molar-refractivity contribution in [3.63, 3.8) is 0 Å². The highest BCUT2D eigenvalue weighted by Gasteiger charge is 2.10. The van der Waals surface area contributed by atoms with Crippen molar-refractivity contribution in [2.24, 2.45) is 0 Å². The van der Waals surface area contributed by atoms with Crippen molar-refractivity contribution >= 4 is 45.8 Å². The lowest BCUT2D eigenvalue weighted by atomic mass is 10.2. The standard InChI is InChI=1S/C14H11ClINO2/c1-19-13-6-5-10(15)8-12(13)17-14(18)9-3-2-4-11(16)7-9/h2-8H,1H3,(H,17,18). The Morgan fingerprint density at radius 2 is 2.05 bits per heavy atom. The fourth-order valence-corrected chi connectivity index (χ4v) is 2.32. The molecule has 0 heterocycles. The van der Waals surface area contributed by atoms with Gasteiger partial charge < -0.3 is 10.1 Å². The number of halogens is 2. The van der Waals surface area contributed by atoms with Crippen LogP contribution >= 0.6 is 34.2 Å². The number of ether oxygens (including phenoxy) is 1. The molecule has 2 aromatic carbocycles. The molecule has 98 valence electrons. The van der Waals surface area contributed by atoms with Crippen molar-refractivity contribution in [3.8, 4) is 5.75 Å². The third-order valence-electron chi connectivity index (χ3n) is 2.50. The fourth-order valence-electron chi connectivity index (χ4n) is 1.60. The van der Waals surface area contributed by atoms with Crippen molar-refractivity contribution in [1.82, 2.24) is 0 Å². The van der Waals surface area contributed by atoms with E-state index >= 15 is 0 Å². The number of carbonyl (C=O) groups excluding carboxylic acids is 1. The number of benzene rings is 2. The minimum atomic E-state index is -0.195. The third kappa shape index (κ3) is 3.61. The largest absolute Gasteiger partial charge is 0.495 e. The van der Waals surface area contributed by atoms with Crippen LogP contribution in [0.5, 0.6) is 5.75 Å². The van der Waals surface area contributed by atoms with Gasteiger partial charge in [0.05, 0.1) is 12.8 Å². The highest BCUT2D eigenvalue weighted by Crippen LogP contribution is 2.28. The van der Waals surface area contributed by atoms with E-state index in [1.165, 1.54) is 0 Å². The highest BCUT2D eigenvalue weighted by atomic mass is 127. The predicted octanol–water partition coefficient (Wildman–Crippen LogP) is 4.21. The Bertz CT molecular complexity index is 616. The maximum atomic E-state index is 12.1. The zero-order valence-electron chi connectivity index (χ0n) is 10.1. The van der Waals surface area contributed by atoms with Crippen LogP contribution in [0.15, 0.2) is 42.5 Å². The molecule has 0 unspecified atom stereocenters. The molecule has 0 aromatic heterocycles. The molecule has 0 bridgehead atoms. The maximum Gasteiger partial charge on any atom is 0.255 e. The maximum absolute atomic E-state index is 12.1. The average Bonchev–Trinajstić information content (AvgIpc) is 2.39. The summed E-state index contributed by atoms with van der Waals surface area (Å²) in [4.78, 5) is 12.1. The van der Waals surface area contributed by atoms with Gasteiger partial charge >= 0.3 is 0 Å². The molecule has 0 aliphatic heterocycles. The topological polar surface area (TPSA) is 38.3 Å². The Morgan fingerprint density at radius 3 is 2.74 bits per heavy atom. The minimum Gasteiger partial charge on any atom is -0.495 e. The van der Waals surface area contributed by atoms with Crippen LogP contribution in [-0.2, 0) is 0 Å². The van der Waals surface area contributed by atoms with Gasteiger partial charge in [-0.3, -0.25) is 4.79 Å². The summed E-state index contributed by atoms with van der Waals surface area (Å²) in [5, 5.41) is 3.33. The van der Waals surface area contributed by atoms with Gasteiger partial charge in [-0.05, 0) is 59.0 Å². The molecule has 0 fully saturated rings. The summed E-state index contributed by atoms with van der Waals surface area (Å²) >= 11 is 8.08. The first-order valence-electron chi connectivity index (χ1n) is 5.50. The van der Waals surface area contributed by atoms with Crippen LogP contribution in [0.25, 0.3) is 0 Å². The number of amides is 1. The molecule has 2 aromatic rings. The lowest BCUT2D eigenvalue weighted by Crippen LogP contribution is -2.12. The van der Waals surface area contributed by atoms with E-state index < -0.39 is 0 Å². The van der Waals surface area contributed by atoms with Gasteiger partial charge in [-0.15, -0.1) is 0 Å². The molecule has 0 radical (unpaired) electrons. The van der Waals surface area contributed by atoms with Crippen LogP contribution in [0.2, 0.25) is 5.02 Å². The van der Waals surface area contributed by atoms with Gasteiger partial charge in [0, 0.05) is 14.2 Å². The van der Waals surface area contributed by atoms with Crippen molar-refractivity contribution in [3.05, 3.63) is 56.6 Å². The summed E-state index contributed by atoms with van der Waals surface area (Å²) in [6.45, 7) is 0. The van der Waals surface area contributed by atoms with Gasteiger partial charge in [0.1, 0.15) is 5.75 Å². The van der Waals surface area contributed by atoms with E-state index in [1.54, 1.807) is 31.4 Å². The highest BCUT2D eigenvalue weighted by molar-refractivity contribution is 14.1. The normalized spacial score (nSPS) is 10.1. The number of hydrogen-bond acceptors (Lipinski definition) is 2.